The standard InChI is InChI=1S/C35H31F2N5O2S/c1-23-5-8-30(9-6-23)45(43,44)42-22-33(28-19-40-41(21-28)20-24-3-2-4-29(36)15-24)32-16-27(18-39-35(32)42)26-7-10-31(34(37)17-26)25-11-13-38-14-12-25/h2-10,15-19,21-22,25,38H,11-14,20H2,1H3. The van der Waals surface area contributed by atoms with Gasteiger partial charge >= 0.3 is 0 Å². The van der Waals surface area contributed by atoms with Crippen LogP contribution in [0, 0.1) is 18.6 Å². The number of fused-ring (bicyclic) bond motifs is 1. The number of rotatable bonds is 7. The maximum absolute atomic E-state index is 15.4. The molecular weight excluding hydrogens is 592 g/mol. The quantitative estimate of drug-likeness (QED) is 0.209. The van der Waals surface area contributed by atoms with Gasteiger partial charge < -0.3 is 5.32 Å². The third-order valence-electron chi connectivity index (χ3n) is 8.48. The number of nitrogens with one attached hydrogen (secondary N) is 1. The van der Waals surface area contributed by atoms with Crippen molar-refractivity contribution in [2.45, 2.75) is 37.1 Å². The van der Waals surface area contributed by atoms with Crippen molar-refractivity contribution in [1.29, 1.82) is 0 Å². The van der Waals surface area contributed by atoms with E-state index in [0.29, 0.717) is 34.2 Å². The second kappa shape index (κ2) is 11.7. The molecule has 45 heavy (non-hydrogen) atoms. The van der Waals surface area contributed by atoms with Crippen molar-refractivity contribution < 1.29 is 17.2 Å². The molecule has 7 nitrogen and oxygen atoms in total. The van der Waals surface area contributed by atoms with Gasteiger partial charge in [-0.25, -0.2) is 26.2 Å². The number of piperidine rings is 1. The minimum Gasteiger partial charge on any atom is -0.317 e. The lowest BCUT2D eigenvalue weighted by molar-refractivity contribution is 0.445. The Balaban J connectivity index is 1.33. The summed E-state index contributed by atoms with van der Waals surface area (Å²) in [5.74, 6) is -0.404. The van der Waals surface area contributed by atoms with Gasteiger partial charge in [0.15, 0.2) is 5.65 Å². The van der Waals surface area contributed by atoms with Crippen molar-refractivity contribution in [1.82, 2.24) is 24.1 Å². The summed E-state index contributed by atoms with van der Waals surface area (Å²) < 4.78 is 59.8. The maximum Gasteiger partial charge on any atom is 0.269 e. The number of hydrogen-bond acceptors (Lipinski definition) is 5. The van der Waals surface area contributed by atoms with Crippen molar-refractivity contribution in [3.63, 3.8) is 0 Å². The lowest BCUT2D eigenvalue weighted by Crippen LogP contribution is -2.27. The Morgan fingerprint density at radius 1 is 0.889 bits per heavy atom. The van der Waals surface area contributed by atoms with Crippen molar-refractivity contribution in [2.24, 2.45) is 0 Å². The Labute approximate surface area is 260 Å². The summed E-state index contributed by atoms with van der Waals surface area (Å²) in [6, 6.07) is 20.1. The number of benzene rings is 3. The van der Waals surface area contributed by atoms with Crippen molar-refractivity contribution in [3.05, 3.63) is 126 Å². The van der Waals surface area contributed by atoms with E-state index in [1.165, 1.54) is 22.2 Å². The van der Waals surface area contributed by atoms with Gasteiger partial charge in [0.05, 0.1) is 17.6 Å². The fourth-order valence-electron chi connectivity index (χ4n) is 6.06. The fourth-order valence-corrected chi connectivity index (χ4v) is 7.38. The predicted molar refractivity (Wildman–Crippen MR) is 170 cm³/mol. The molecule has 3 aromatic carbocycles. The molecule has 0 atom stereocenters. The molecule has 1 aliphatic heterocycles. The third kappa shape index (κ3) is 5.67. The summed E-state index contributed by atoms with van der Waals surface area (Å²) >= 11 is 0. The molecule has 0 aliphatic carbocycles. The minimum absolute atomic E-state index is 0.139. The van der Waals surface area contributed by atoms with Crippen LogP contribution in [0.5, 0.6) is 0 Å². The van der Waals surface area contributed by atoms with Crippen LogP contribution in [-0.2, 0) is 16.6 Å². The summed E-state index contributed by atoms with van der Waals surface area (Å²) in [5, 5.41) is 8.37. The van der Waals surface area contributed by atoms with Crippen molar-refractivity contribution in [2.75, 3.05) is 13.1 Å². The Hall–Kier alpha value is -4.67. The van der Waals surface area contributed by atoms with Gasteiger partial charge in [0.2, 0.25) is 0 Å². The average Bonchev–Trinajstić information content (AvgIpc) is 3.66. The number of hydrogen-bond donors (Lipinski definition) is 1. The molecule has 10 heteroatoms. The highest BCUT2D eigenvalue weighted by atomic mass is 32.2. The van der Waals surface area contributed by atoms with Crippen molar-refractivity contribution >= 4 is 21.1 Å². The number of halogens is 2. The Morgan fingerprint density at radius 2 is 1.69 bits per heavy atom. The van der Waals surface area contributed by atoms with E-state index in [2.05, 4.69) is 15.4 Å². The van der Waals surface area contributed by atoms with Crippen LogP contribution in [0.4, 0.5) is 8.78 Å². The molecule has 1 aliphatic rings. The van der Waals surface area contributed by atoms with E-state index in [1.807, 2.05) is 31.2 Å². The summed E-state index contributed by atoms with van der Waals surface area (Å²) in [6.07, 6.45) is 8.37. The molecule has 0 spiro atoms. The first-order valence-corrected chi connectivity index (χ1v) is 16.3. The van der Waals surface area contributed by atoms with Crippen LogP contribution < -0.4 is 5.32 Å². The first-order valence-electron chi connectivity index (χ1n) is 14.9. The summed E-state index contributed by atoms with van der Waals surface area (Å²) in [4.78, 5) is 4.76. The maximum atomic E-state index is 15.4. The molecule has 3 aromatic heterocycles. The van der Waals surface area contributed by atoms with Gasteiger partial charge in [-0.15, -0.1) is 0 Å². The van der Waals surface area contributed by atoms with Gasteiger partial charge in [-0.2, -0.15) is 5.10 Å². The smallest absolute Gasteiger partial charge is 0.269 e. The molecule has 1 saturated heterocycles. The van der Waals surface area contributed by atoms with Crippen LogP contribution in [0.1, 0.15) is 35.4 Å². The van der Waals surface area contributed by atoms with Crippen molar-refractivity contribution in [3.8, 4) is 22.3 Å². The van der Waals surface area contributed by atoms with E-state index >= 15 is 4.39 Å². The van der Waals surface area contributed by atoms with E-state index in [4.69, 9.17) is 0 Å². The molecule has 0 unspecified atom stereocenters. The van der Waals surface area contributed by atoms with Crippen LogP contribution in [-0.4, -0.2) is 40.2 Å². The molecule has 1 N–H and O–H groups in total. The van der Waals surface area contributed by atoms with E-state index in [9.17, 15) is 12.8 Å². The monoisotopic (exact) mass is 623 g/mol. The SMILES string of the molecule is Cc1ccc(S(=O)(=O)n2cc(-c3cnn(Cc4cccc(F)c4)c3)c3cc(-c4ccc(C5CCNCC5)c(F)c4)cnc32)cc1. The fraction of sp³-hybridized carbons (Fsp3) is 0.200. The van der Waals surface area contributed by atoms with Gasteiger partial charge in [-0.3, -0.25) is 4.68 Å². The van der Waals surface area contributed by atoms with Gasteiger partial charge in [0, 0.05) is 40.7 Å². The second-order valence-corrected chi connectivity index (χ2v) is 13.4. The number of aromatic nitrogens is 4. The molecule has 0 bridgehead atoms. The minimum atomic E-state index is -4.00. The lowest BCUT2D eigenvalue weighted by Gasteiger charge is -2.23. The first kappa shape index (κ1) is 29.1. The van der Waals surface area contributed by atoms with E-state index < -0.39 is 10.0 Å². The first-order chi connectivity index (χ1) is 21.8. The topological polar surface area (TPSA) is 81.8 Å². The number of nitrogens with zero attached hydrogens (tertiary/aromatic N) is 4. The normalized spacial score (nSPS) is 14.3. The third-order valence-corrected chi connectivity index (χ3v) is 10.1. The van der Waals surface area contributed by atoms with Crippen LogP contribution >= 0.6 is 0 Å². The summed E-state index contributed by atoms with van der Waals surface area (Å²) in [6.45, 7) is 3.98. The van der Waals surface area contributed by atoms with Crippen LogP contribution in [0.2, 0.25) is 0 Å². The molecule has 0 saturated carbocycles. The summed E-state index contributed by atoms with van der Waals surface area (Å²) in [7, 11) is -4.00. The molecule has 4 heterocycles. The molecule has 0 amide bonds. The lowest BCUT2D eigenvalue weighted by atomic mass is 9.89. The Bertz CT molecular complexity index is 2130. The van der Waals surface area contributed by atoms with Crippen LogP contribution in [0.3, 0.4) is 0 Å². The van der Waals surface area contributed by atoms with Crippen LogP contribution in [0.15, 0.2) is 102 Å². The second-order valence-electron chi connectivity index (χ2n) is 11.6. The number of pyridine rings is 1. The van der Waals surface area contributed by atoms with Gasteiger partial charge in [-0.05, 0) is 91.9 Å². The highest BCUT2D eigenvalue weighted by Crippen LogP contribution is 2.36. The van der Waals surface area contributed by atoms with E-state index in [0.717, 1.165) is 42.6 Å². The van der Waals surface area contributed by atoms with E-state index in [1.54, 1.807) is 59.8 Å². The summed E-state index contributed by atoms with van der Waals surface area (Å²) in [5.41, 5.74) is 5.24. The van der Waals surface area contributed by atoms with E-state index in [-0.39, 0.29) is 28.1 Å². The molecule has 6 aromatic rings. The molecule has 1 fully saturated rings. The zero-order valence-electron chi connectivity index (χ0n) is 24.6. The zero-order chi connectivity index (χ0) is 31.1. The molecule has 228 valence electrons. The van der Waals surface area contributed by atoms with Crippen LogP contribution in [0.25, 0.3) is 33.3 Å². The highest BCUT2D eigenvalue weighted by Gasteiger charge is 2.24. The van der Waals surface area contributed by atoms with Gasteiger partial charge in [-0.1, -0.05) is 42.0 Å². The molecular formula is C35H31F2N5O2S. The molecule has 0 radical (unpaired) electrons. The Kier molecular flexibility index (Phi) is 7.55. The van der Waals surface area contributed by atoms with Gasteiger partial charge in [0.1, 0.15) is 11.6 Å². The number of aryl methyl sites for hydroxylation is 1. The highest BCUT2D eigenvalue weighted by molar-refractivity contribution is 7.90. The largest absolute Gasteiger partial charge is 0.317 e. The Morgan fingerprint density at radius 3 is 2.44 bits per heavy atom. The van der Waals surface area contributed by atoms with Gasteiger partial charge in [0.25, 0.3) is 10.0 Å². The average molecular weight is 624 g/mol. The zero-order valence-corrected chi connectivity index (χ0v) is 25.4. The predicted octanol–water partition coefficient (Wildman–Crippen LogP) is 6.91. The molecule has 7 rings (SSSR count).